The van der Waals surface area contributed by atoms with Crippen LogP contribution in [-0.2, 0) is 20.9 Å². The first-order valence-corrected chi connectivity index (χ1v) is 22.4. The molecule has 324 valence electrons. The number of nitrogens with zero attached hydrogens (tertiary/aromatic N) is 8. The second kappa shape index (κ2) is 17.8. The number of amides is 4. The number of rotatable bonds is 15. The van der Waals surface area contributed by atoms with E-state index in [0.29, 0.717) is 72.1 Å². The maximum absolute atomic E-state index is 13.2. The zero-order chi connectivity index (χ0) is 42.9. The molecule has 3 aliphatic heterocycles. The van der Waals surface area contributed by atoms with E-state index in [0.717, 1.165) is 87.2 Å². The summed E-state index contributed by atoms with van der Waals surface area (Å²) >= 11 is 0. The van der Waals surface area contributed by atoms with Crippen LogP contribution < -0.4 is 16.4 Å². The van der Waals surface area contributed by atoms with Gasteiger partial charge in [0.05, 0.1) is 22.7 Å². The predicted octanol–water partition coefficient (Wildman–Crippen LogP) is 5.91. The summed E-state index contributed by atoms with van der Waals surface area (Å²) in [7, 11) is 0. The van der Waals surface area contributed by atoms with Crippen molar-refractivity contribution in [2.24, 2.45) is 5.92 Å². The third kappa shape index (κ3) is 8.07. The lowest BCUT2D eigenvalue weighted by molar-refractivity contribution is -0.137. The summed E-state index contributed by atoms with van der Waals surface area (Å²) in [6, 6.07) is 11.3. The number of imide groups is 1. The number of fused-ring (bicyclic) bond motifs is 2. The molecule has 4 aromatic heterocycles. The van der Waals surface area contributed by atoms with Crippen LogP contribution in [0.5, 0.6) is 0 Å². The van der Waals surface area contributed by atoms with Crippen LogP contribution in [0.15, 0.2) is 53.4 Å². The van der Waals surface area contributed by atoms with Gasteiger partial charge in [0.15, 0.2) is 5.65 Å². The molecular formula is C46H55N11O5. The van der Waals surface area contributed by atoms with Crippen LogP contribution in [0.2, 0.25) is 0 Å². The summed E-state index contributed by atoms with van der Waals surface area (Å²) in [6.45, 7) is 8.45. The van der Waals surface area contributed by atoms with Crippen molar-refractivity contribution in [3.8, 4) is 22.6 Å². The highest BCUT2D eigenvalue weighted by molar-refractivity contribution is 6.05. The molecule has 2 atom stereocenters. The standard InChI is InChI=1S/C46H55N11O5/c1-3-27(2)41-37(34-10-6-8-17-48-34)40(54-62-41)39-38-42(47)50-26-51-43(38)57(53-39)32-23-30(24-32)44(59)49-18-7-4-5-9-19-55-20-15-28(16-21-55)29-11-12-33-31(22-29)25-56(46(33)61)35-13-14-36(58)52-45(35)60/h6,8,10-12,17,22,26-28,30,32,35H,3-5,7,9,13-16,18-21,23-25H2,1-2H3,(H,49,59)(H2,47,50,51)(H,52,58,60). The normalized spacial score (nSPS) is 21.2. The molecule has 16 nitrogen and oxygen atoms in total. The van der Waals surface area contributed by atoms with Gasteiger partial charge in [0.25, 0.3) is 5.91 Å². The smallest absolute Gasteiger partial charge is 0.255 e. The monoisotopic (exact) mass is 841 g/mol. The van der Waals surface area contributed by atoms with Gasteiger partial charge in [0.1, 0.15) is 35.3 Å². The van der Waals surface area contributed by atoms with Crippen LogP contribution >= 0.6 is 0 Å². The number of pyridine rings is 1. The zero-order valence-corrected chi connectivity index (χ0v) is 35.5. The number of nitrogens with two attached hydrogens (primary N) is 1. The van der Waals surface area contributed by atoms with Gasteiger partial charge in [-0.1, -0.05) is 50.0 Å². The summed E-state index contributed by atoms with van der Waals surface area (Å²) in [6.07, 6.45) is 12.4. The number of piperidine rings is 2. The summed E-state index contributed by atoms with van der Waals surface area (Å²) in [5, 5.41) is 15.7. The van der Waals surface area contributed by atoms with Gasteiger partial charge >= 0.3 is 0 Å². The number of unbranched alkanes of at least 4 members (excludes halogenated alkanes) is 3. The Morgan fingerprint density at radius 2 is 1.82 bits per heavy atom. The number of aromatic nitrogens is 6. The van der Waals surface area contributed by atoms with E-state index < -0.39 is 6.04 Å². The molecule has 0 bridgehead atoms. The minimum atomic E-state index is -0.591. The third-order valence-corrected chi connectivity index (χ3v) is 13.6. The fourth-order valence-electron chi connectivity index (χ4n) is 9.67. The molecule has 2 saturated heterocycles. The number of hydrogen-bond donors (Lipinski definition) is 3. The van der Waals surface area contributed by atoms with E-state index in [9.17, 15) is 19.2 Å². The highest BCUT2D eigenvalue weighted by atomic mass is 16.5. The predicted molar refractivity (Wildman–Crippen MR) is 231 cm³/mol. The van der Waals surface area contributed by atoms with Crippen molar-refractivity contribution in [1.82, 2.24) is 50.3 Å². The van der Waals surface area contributed by atoms with Crippen LogP contribution in [-0.4, -0.2) is 95.5 Å². The molecule has 0 radical (unpaired) electrons. The van der Waals surface area contributed by atoms with Crippen LogP contribution in [0.1, 0.15) is 130 Å². The van der Waals surface area contributed by atoms with Crippen LogP contribution in [0.25, 0.3) is 33.7 Å². The molecule has 5 aromatic rings. The van der Waals surface area contributed by atoms with Crippen molar-refractivity contribution in [2.45, 2.75) is 115 Å². The Bertz CT molecular complexity index is 2470. The molecule has 0 spiro atoms. The summed E-state index contributed by atoms with van der Waals surface area (Å²) in [5.74, 6) is 0.828. The van der Waals surface area contributed by atoms with Crippen molar-refractivity contribution < 1.29 is 23.7 Å². The molecule has 2 unspecified atom stereocenters. The maximum atomic E-state index is 13.2. The van der Waals surface area contributed by atoms with Crippen LogP contribution in [0, 0.1) is 5.92 Å². The number of nitrogens with one attached hydrogen (secondary N) is 2. The Morgan fingerprint density at radius 3 is 2.60 bits per heavy atom. The molecule has 4 aliphatic rings. The summed E-state index contributed by atoms with van der Waals surface area (Å²) in [4.78, 5) is 68.0. The lowest BCUT2D eigenvalue weighted by Gasteiger charge is -2.34. The fraction of sp³-hybridized carbons (Fsp3) is 0.500. The van der Waals surface area contributed by atoms with Gasteiger partial charge in [-0.2, -0.15) is 5.10 Å². The van der Waals surface area contributed by atoms with Gasteiger partial charge in [0, 0.05) is 43.1 Å². The number of anilines is 1. The van der Waals surface area contributed by atoms with Gasteiger partial charge < -0.3 is 25.4 Å². The van der Waals surface area contributed by atoms with Crippen molar-refractivity contribution >= 4 is 40.5 Å². The second-order valence-electron chi connectivity index (χ2n) is 17.5. The number of benzene rings is 1. The van der Waals surface area contributed by atoms with Crippen molar-refractivity contribution in [1.29, 1.82) is 0 Å². The van der Waals surface area contributed by atoms with E-state index in [1.165, 1.54) is 11.9 Å². The van der Waals surface area contributed by atoms with Gasteiger partial charge in [-0.3, -0.25) is 29.5 Å². The van der Waals surface area contributed by atoms with Crippen molar-refractivity contribution in [2.75, 3.05) is 31.9 Å². The Balaban J connectivity index is 0.707. The number of likely N-dealkylation sites (tertiary alicyclic amines) is 1. The van der Waals surface area contributed by atoms with E-state index in [2.05, 4.69) is 61.6 Å². The Kier molecular flexibility index (Phi) is 11.8. The van der Waals surface area contributed by atoms with Gasteiger partial charge in [0.2, 0.25) is 17.7 Å². The second-order valence-corrected chi connectivity index (χ2v) is 17.5. The topological polar surface area (TPSA) is 207 Å². The van der Waals surface area contributed by atoms with Gasteiger partial charge in [-0.25, -0.2) is 14.6 Å². The first-order chi connectivity index (χ1) is 30.2. The van der Waals surface area contributed by atoms with E-state index in [1.807, 2.05) is 28.9 Å². The summed E-state index contributed by atoms with van der Waals surface area (Å²) < 4.78 is 7.83. The Hall–Kier alpha value is -6.03. The van der Waals surface area contributed by atoms with Crippen molar-refractivity contribution in [3.05, 3.63) is 71.4 Å². The van der Waals surface area contributed by atoms with E-state index in [1.54, 1.807) is 11.1 Å². The third-order valence-electron chi connectivity index (χ3n) is 13.6. The number of carbonyl (C=O) groups is 4. The van der Waals surface area contributed by atoms with Gasteiger partial charge in [-0.05, 0) is 106 Å². The lowest BCUT2D eigenvalue weighted by Crippen LogP contribution is -2.52. The largest absolute Gasteiger partial charge is 0.383 e. The lowest BCUT2D eigenvalue weighted by atomic mass is 9.79. The molecule has 62 heavy (non-hydrogen) atoms. The minimum Gasteiger partial charge on any atom is -0.383 e. The van der Waals surface area contributed by atoms with Crippen molar-refractivity contribution in [3.63, 3.8) is 0 Å². The highest BCUT2D eigenvalue weighted by Crippen LogP contribution is 2.44. The van der Waals surface area contributed by atoms with Gasteiger partial charge in [-0.15, -0.1) is 0 Å². The molecule has 1 aromatic carbocycles. The molecule has 7 heterocycles. The molecular weight excluding hydrogens is 787 g/mol. The quantitative estimate of drug-likeness (QED) is 0.0831. The zero-order valence-electron chi connectivity index (χ0n) is 35.5. The molecule has 1 saturated carbocycles. The van der Waals surface area contributed by atoms with E-state index in [-0.39, 0.29) is 47.9 Å². The number of carbonyl (C=O) groups excluding carboxylic acids is 4. The fourth-order valence-corrected chi connectivity index (χ4v) is 9.67. The molecule has 4 amide bonds. The highest BCUT2D eigenvalue weighted by Gasteiger charge is 2.40. The molecule has 9 rings (SSSR count). The number of nitrogen functional groups attached to an aromatic ring is 1. The molecule has 4 N–H and O–H groups in total. The maximum Gasteiger partial charge on any atom is 0.255 e. The molecule has 1 aliphatic carbocycles. The molecule has 3 fully saturated rings. The minimum absolute atomic E-state index is 0.0162. The SMILES string of the molecule is CCC(C)c1onc(-c2nn(C3CC(C(=O)NCCCCCCN4CCC(c5ccc6c(c5)CN(C5CCC(=O)NC5=O)C6=O)CC4)C3)c3ncnc(N)c23)c1-c1ccccn1. The van der Waals surface area contributed by atoms with E-state index in [4.69, 9.17) is 15.4 Å². The first kappa shape index (κ1) is 41.3. The first-order valence-electron chi connectivity index (χ1n) is 22.4. The van der Waals surface area contributed by atoms with Crippen LogP contribution in [0.3, 0.4) is 0 Å². The Labute approximate surface area is 360 Å². The molecule has 16 heteroatoms. The Morgan fingerprint density at radius 1 is 1.00 bits per heavy atom. The average Bonchev–Trinajstić information content (AvgIpc) is 3.97. The van der Waals surface area contributed by atoms with Crippen LogP contribution in [0.4, 0.5) is 5.82 Å². The number of hydrogen-bond acceptors (Lipinski definition) is 12. The average molecular weight is 842 g/mol. The summed E-state index contributed by atoms with van der Waals surface area (Å²) in [5.41, 5.74) is 12.6. The van der Waals surface area contributed by atoms with E-state index >= 15 is 0 Å².